The lowest BCUT2D eigenvalue weighted by Crippen LogP contribution is -1.84. The minimum Gasteiger partial charge on any atom is -0.157 e. The van der Waals surface area contributed by atoms with E-state index in [1.54, 1.807) is 0 Å². The Hall–Kier alpha value is 0.350. The molecule has 0 atom stereocenters. The van der Waals surface area contributed by atoms with E-state index in [-0.39, 0.29) is 0 Å². The smallest absolute Gasteiger partial charge is 0.0166 e. The summed E-state index contributed by atoms with van der Waals surface area (Å²) in [7, 11) is 0. The summed E-state index contributed by atoms with van der Waals surface area (Å²) in [4.78, 5) is 0. The Kier molecular flexibility index (Phi) is 24.7. The zero-order chi connectivity index (χ0) is 18.3. The standard InChI is InChI=1S/C24H49S/c1-3-5-7-9-10-11-12-13-14-15-16-17-18-19-20-22-24-25-23-21-8-6-4-2/h24H,3-23H2,1-2H3. The van der Waals surface area contributed by atoms with E-state index in [1.165, 1.54) is 134 Å². The normalized spacial score (nSPS) is 11.3. The molecule has 0 amide bonds. The second-order valence-electron chi connectivity index (χ2n) is 7.84. The fraction of sp³-hybridized carbons (Fsp3) is 0.958. The largest absolute Gasteiger partial charge is 0.157 e. The molecule has 0 N–H and O–H groups in total. The summed E-state index contributed by atoms with van der Waals surface area (Å²) >= 11 is 2.07. The Balaban J connectivity index is 2.94. The van der Waals surface area contributed by atoms with Crippen LogP contribution in [0, 0.1) is 5.75 Å². The molecular formula is C24H49S. The molecule has 0 saturated heterocycles. The summed E-state index contributed by atoms with van der Waals surface area (Å²) in [5, 5.41) is 0. The monoisotopic (exact) mass is 369 g/mol. The van der Waals surface area contributed by atoms with Crippen LogP contribution >= 0.6 is 11.8 Å². The van der Waals surface area contributed by atoms with Gasteiger partial charge < -0.3 is 0 Å². The van der Waals surface area contributed by atoms with Gasteiger partial charge in [0, 0.05) is 5.75 Å². The maximum atomic E-state index is 2.47. The lowest BCUT2D eigenvalue weighted by atomic mass is 10.0. The van der Waals surface area contributed by atoms with Crippen LogP contribution in [-0.2, 0) is 0 Å². The molecular weight excluding hydrogens is 320 g/mol. The van der Waals surface area contributed by atoms with Crippen molar-refractivity contribution >= 4 is 11.8 Å². The van der Waals surface area contributed by atoms with Gasteiger partial charge in [-0.2, -0.15) is 11.8 Å². The second kappa shape index (κ2) is 24.4. The quantitative estimate of drug-likeness (QED) is 0.171. The van der Waals surface area contributed by atoms with Gasteiger partial charge in [-0.3, -0.25) is 0 Å². The van der Waals surface area contributed by atoms with E-state index in [4.69, 9.17) is 0 Å². The lowest BCUT2D eigenvalue weighted by molar-refractivity contribution is 0.532. The molecule has 0 aromatic carbocycles. The number of unbranched alkanes of at least 4 members (excludes halogenated alkanes) is 18. The van der Waals surface area contributed by atoms with E-state index in [1.807, 2.05) is 0 Å². The first-order chi connectivity index (χ1) is 12.4. The van der Waals surface area contributed by atoms with E-state index < -0.39 is 0 Å². The van der Waals surface area contributed by atoms with E-state index >= 15 is 0 Å². The van der Waals surface area contributed by atoms with Gasteiger partial charge in [0.1, 0.15) is 0 Å². The highest BCUT2D eigenvalue weighted by Crippen LogP contribution is 2.17. The van der Waals surface area contributed by atoms with Crippen LogP contribution in [0.3, 0.4) is 0 Å². The summed E-state index contributed by atoms with van der Waals surface area (Å²) in [5.41, 5.74) is 0. The molecule has 0 spiro atoms. The maximum Gasteiger partial charge on any atom is 0.0166 e. The van der Waals surface area contributed by atoms with Gasteiger partial charge in [0.05, 0.1) is 0 Å². The molecule has 1 heteroatoms. The Labute approximate surface area is 165 Å². The van der Waals surface area contributed by atoms with Crippen LogP contribution in [-0.4, -0.2) is 5.75 Å². The van der Waals surface area contributed by atoms with Crippen LogP contribution in [0.4, 0.5) is 0 Å². The topological polar surface area (TPSA) is 0 Å². The Morgan fingerprint density at radius 3 is 1.24 bits per heavy atom. The molecule has 0 aliphatic rings. The van der Waals surface area contributed by atoms with E-state index in [0.717, 1.165) is 0 Å². The molecule has 0 fully saturated rings. The molecule has 0 heterocycles. The highest BCUT2D eigenvalue weighted by atomic mass is 32.2. The predicted molar refractivity (Wildman–Crippen MR) is 120 cm³/mol. The Morgan fingerprint density at radius 1 is 0.440 bits per heavy atom. The van der Waals surface area contributed by atoms with Crippen molar-refractivity contribution in [3.8, 4) is 0 Å². The van der Waals surface area contributed by atoms with Crippen molar-refractivity contribution in [2.24, 2.45) is 0 Å². The number of rotatable bonds is 22. The Bertz CT molecular complexity index is 192. The second-order valence-corrected chi connectivity index (χ2v) is 8.91. The fourth-order valence-electron chi connectivity index (χ4n) is 3.38. The first-order valence-electron chi connectivity index (χ1n) is 11.8. The van der Waals surface area contributed by atoms with E-state index in [0.29, 0.717) is 0 Å². The summed E-state index contributed by atoms with van der Waals surface area (Å²) in [6.07, 6.45) is 28.9. The SMILES string of the molecule is CCCCCCCCCCCCCCCCC[CH]SCCCCCC. The molecule has 0 rings (SSSR count). The van der Waals surface area contributed by atoms with Crippen LogP contribution in [0.1, 0.15) is 142 Å². The summed E-state index contributed by atoms with van der Waals surface area (Å²) in [6, 6.07) is 0. The van der Waals surface area contributed by atoms with Gasteiger partial charge in [-0.05, 0) is 18.6 Å². The van der Waals surface area contributed by atoms with Gasteiger partial charge in [0.25, 0.3) is 0 Å². The van der Waals surface area contributed by atoms with Gasteiger partial charge in [-0.1, -0.05) is 129 Å². The molecule has 1 radical (unpaired) electrons. The average molecular weight is 370 g/mol. The van der Waals surface area contributed by atoms with Gasteiger partial charge in [-0.15, -0.1) is 0 Å². The minimum atomic E-state index is 1.33. The molecule has 0 aliphatic heterocycles. The van der Waals surface area contributed by atoms with Crippen molar-refractivity contribution in [3.05, 3.63) is 5.75 Å². The van der Waals surface area contributed by atoms with E-state index in [2.05, 4.69) is 31.4 Å². The Morgan fingerprint density at radius 2 is 0.800 bits per heavy atom. The minimum absolute atomic E-state index is 1.33. The van der Waals surface area contributed by atoms with Gasteiger partial charge in [-0.25, -0.2) is 0 Å². The first kappa shape index (κ1) is 25.4. The van der Waals surface area contributed by atoms with Gasteiger partial charge >= 0.3 is 0 Å². The van der Waals surface area contributed by atoms with Crippen LogP contribution in [0.5, 0.6) is 0 Å². The summed E-state index contributed by atoms with van der Waals surface area (Å²) < 4.78 is 0. The summed E-state index contributed by atoms with van der Waals surface area (Å²) in [5.74, 6) is 3.81. The van der Waals surface area contributed by atoms with Crippen molar-refractivity contribution in [2.45, 2.75) is 142 Å². The fourth-order valence-corrected chi connectivity index (χ4v) is 4.25. The van der Waals surface area contributed by atoms with Crippen molar-refractivity contribution < 1.29 is 0 Å². The molecule has 0 aromatic heterocycles. The van der Waals surface area contributed by atoms with E-state index in [9.17, 15) is 0 Å². The first-order valence-corrected chi connectivity index (χ1v) is 12.9. The van der Waals surface area contributed by atoms with Crippen molar-refractivity contribution in [1.82, 2.24) is 0 Å². The predicted octanol–water partition coefficient (Wildman–Crippen LogP) is 9.72. The molecule has 25 heavy (non-hydrogen) atoms. The van der Waals surface area contributed by atoms with Crippen LogP contribution < -0.4 is 0 Å². The average Bonchev–Trinajstić information content (AvgIpc) is 2.63. The van der Waals surface area contributed by atoms with Crippen LogP contribution in [0.25, 0.3) is 0 Å². The number of hydrogen-bond donors (Lipinski definition) is 0. The zero-order valence-corrected chi connectivity index (χ0v) is 18.7. The third kappa shape index (κ3) is 24.4. The molecule has 0 unspecified atom stereocenters. The van der Waals surface area contributed by atoms with Crippen molar-refractivity contribution in [2.75, 3.05) is 5.75 Å². The van der Waals surface area contributed by atoms with Crippen LogP contribution in [0.2, 0.25) is 0 Å². The van der Waals surface area contributed by atoms with Gasteiger partial charge in [0.2, 0.25) is 0 Å². The maximum absolute atomic E-state index is 2.47. The lowest BCUT2D eigenvalue weighted by Gasteiger charge is -2.04. The number of thioether (sulfide) groups is 1. The van der Waals surface area contributed by atoms with Crippen molar-refractivity contribution in [1.29, 1.82) is 0 Å². The molecule has 0 saturated carbocycles. The zero-order valence-electron chi connectivity index (χ0n) is 17.8. The third-order valence-corrected chi connectivity index (χ3v) is 6.15. The van der Waals surface area contributed by atoms with Gasteiger partial charge in [0.15, 0.2) is 0 Å². The van der Waals surface area contributed by atoms with Crippen molar-refractivity contribution in [3.63, 3.8) is 0 Å². The molecule has 0 aromatic rings. The molecule has 0 aliphatic carbocycles. The number of hydrogen-bond acceptors (Lipinski definition) is 1. The third-order valence-electron chi connectivity index (χ3n) is 5.16. The molecule has 151 valence electrons. The molecule has 0 bridgehead atoms. The molecule has 0 nitrogen and oxygen atoms in total. The van der Waals surface area contributed by atoms with Crippen LogP contribution in [0.15, 0.2) is 0 Å². The summed E-state index contributed by atoms with van der Waals surface area (Å²) in [6.45, 7) is 4.59. The highest BCUT2D eigenvalue weighted by Gasteiger charge is 1.95. The highest BCUT2D eigenvalue weighted by molar-refractivity contribution is 8.01.